The predicted molar refractivity (Wildman–Crippen MR) is 65.9 cm³/mol. The van der Waals surface area contributed by atoms with Crippen LogP contribution in [0.4, 0.5) is 13.2 Å². The smallest absolute Gasteiger partial charge is 0.416 e. The number of carbonyl (C=O) groups excluding carboxylic acids is 2. The van der Waals surface area contributed by atoms with Crippen molar-refractivity contribution < 1.29 is 31.9 Å². The van der Waals surface area contributed by atoms with Crippen molar-refractivity contribution in [3.05, 3.63) is 47.2 Å². The number of ether oxygens (including phenoxy) is 1. The van der Waals surface area contributed by atoms with Crippen LogP contribution in [0.3, 0.4) is 0 Å². The van der Waals surface area contributed by atoms with E-state index in [0.717, 1.165) is 25.3 Å². The Kier molecular flexibility index (Phi) is 3.84. The highest BCUT2D eigenvalue weighted by molar-refractivity contribution is 5.96. The average Bonchev–Trinajstić information content (AvgIpc) is 2.93. The van der Waals surface area contributed by atoms with Gasteiger partial charge in [0.05, 0.1) is 18.2 Å². The van der Waals surface area contributed by atoms with Crippen molar-refractivity contribution in [2.75, 3.05) is 7.11 Å². The molecular weight excluding hydrogens is 289 g/mol. The molecule has 0 aliphatic carbocycles. The van der Waals surface area contributed by atoms with Crippen molar-refractivity contribution >= 4 is 12.3 Å². The standard InChI is InChI=1S/C14H9F3O4/c1-20-13(19)10-4-2-8(14(15,16)17)6-11(10)12-5-3-9(7-18)21-12/h2-7H,1H3. The van der Waals surface area contributed by atoms with E-state index in [2.05, 4.69) is 4.74 Å². The van der Waals surface area contributed by atoms with E-state index in [1.165, 1.54) is 12.1 Å². The van der Waals surface area contributed by atoms with Gasteiger partial charge in [0, 0.05) is 5.56 Å². The number of halogens is 3. The number of aldehydes is 1. The van der Waals surface area contributed by atoms with Gasteiger partial charge in [-0.05, 0) is 30.3 Å². The Hall–Kier alpha value is -2.57. The van der Waals surface area contributed by atoms with E-state index in [1.54, 1.807) is 0 Å². The summed E-state index contributed by atoms with van der Waals surface area (Å²) in [4.78, 5) is 22.2. The Morgan fingerprint density at radius 2 is 1.95 bits per heavy atom. The molecule has 0 aliphatic rings. The summed E-state index contributed by atoms with van der Waals surface area (Å²) in [5, 5.41) is 0. The molecule has 110 valence electrons. The topological polar surface area (TPSA) is 56.5 Å². The van der Waals surface area contributed by atoms with E-state index < -0.39 is 17.7 Å². The van der Waals surface area contributed by atoms with Gasteiger partial charge in [0.2, 0.25) is 0 Å². The predicted octanol–water partition coefficient (Wildman–Crippen LogP) is 3.56. The molecule has 21 heavy (non-hydrogen) atoms. The molecule has 1 aromatic heterocycles. The second kappa shape index (κ2) is 5.43. The van der Waals surface area contributed by atoms with E-state index in [-0.39, 0.29) is 22.6 Å². The van der Waals surface area contributed by atoms with E-state index in [4.69, 9.17) is 4.42 Å². The van der Waals surface area contributed by atoms with Crippen LogP contribution in [0.2, 0.25) is 0 Å². The number of carbonyl (C=O) groups is 2. The minimum absolute atomic E-state index is 0.0244. The molecule has 0 unspecified atom stereocenters. The van der Waals surface area contributed by atoms with E-state index in [9.17, 15) is 22.8 Å². The molecule has 0 spiro atoms. The monoisotopic (exact) mass is 298 g/mol. The lowest BCUT2D eigenvalue weighted by Gasteiger charge is -2.11. The number of alkyl halides is 3. The number of rotatable bonds is 3. The van der Waals surface area contributed by atoms with Gasteiger partial charge >= 0.3 is 12.1 Å². The van der Waals surface area contributed by atoms with Gasteiger partial charge < -0.3 is 9.15 Å². The minimum atomic E-state index is -4.57. The minimum Gasteiger partial charge on any atom is -0.465 e. The first-order valence-electron chi connectivity index (χ1n) is 5.71. The van der Waals surface area contributed by atoms with E-state index in [0.29, 0.717) is 6.29 Å². The third-order valence-corrected chi connectivity index (χ3v) is 2.76. The fourth-order valence-corrected chi connectivity index (χ4v) is 1.77. The van der Waals surface area contributed by atoms with Gasteiger partial charge in [0.15, 0.2) is 12.0 Å². The van der Waals surface area contributed by atoms with Crippen molar-refractivity contribution in [1.82, 2.24) is 0 Å². The summed E-state index contributed by atoms with van der Waals surface area (Å²) in [5.41, 5.74) is -1.11. The van der Waals surface area contributed by atoms with Crippen LogP contribution < -0.4 is 0 Å². The van der Waals surface area contributed by atoms with Crippen LogP contribution in [0.25, 0.3) is 11.3 Å². The molecule has 0 amide bonds. The number of esters is 1. The Balaban J connectivity index is 2.63. The molecule has 0 saturated carbocycles. The Bertz CT molecular complexity index is 686. The highest BCUT2D eigenvalue weighted by Crippen LogP contribution is 2.34. The zero-order valence-electron chi connectivity index (χ0n) is 10.7. The molecular formula is C14H9F3O4. The highest BCUT2D eigenvalue weighted by Gasteiger charge is 2.32. The maximum Gasteiger partial charge on any atom is 0.416 e. The number of hydrogen-bond donors (Lipinski definition) is 0. The van der Waals surface area contributed by atoms with Crippen LogP contribution in [0.5, 0.6) is 0 Å². The van der Waals surface area contributed by atoms with Crippen molar-refractivity contribution in [3.8, 4) is 11.3 Å². The maximum atomic E-state index is 12.8. The average molecular weight is 298 g/mol. The van der Waals surface area contributed by atoms with Crippen molar-refractivity contribution in [3.63, 3.8) is 0 Å². The zero-order valence-corrected chi connectivity index (χ0v) is 10.7. The van der Waals surface area contributed by atoms with Crippen LogP contribution in [-0.2, 0) is 10.9 Å². The van der Waals surface area contributed by atoms with Crippen LogP contribution in [0, 0.1) is 0 Å². The largest absolute Gasteiger partial charge is 0.465 e. The molecule has 1 aromatic carbocycles. The number of furan rings is 1. The first kappa shape index (κ1) is 14.8. The van der Waals surface area contributed by atoms with Gasteiger partial charge in [-0.25, -0.2) is 4.79 Å². The van der Waals surface area contributed by atoms with Crippen molar-refractivity contribution in [2.24, 2.45) is 0 Å². The van der Waals surface area contributed by atoms with Crippen LogP contribution >= 0.6 is 0 Å². The summed E-state index contributed by atoms with van der Waals surface area (Å²) in [5.74, 6) is -0.885. The van der Waals surface area contributed by atoms with Crippen molar-refractivity contribution in [2.45, 2.75) is 6.18 Å². The Morgan fingerprint density at radius 3 is 2.48 bits per heavy atom. The molecule has 1 heterocycles. The van der Waals surface area contributed by atoms with Crippen LogP contribution in [0.15, 0.2) is 34.7 Å². The first-order valence-corrected chi connectivity index (χ1v) is 5.71. The van der Waals surface area contributed by atoms with Gasteiger partial charge in [-0.1, -0.05) is 0 Å². The van der Waals surface area contributed by atoms with Gasteiger partial charge in [-0.15, -0.1) is 0 Å². The highest BCUT2D eigenvalue weighted by atomic mass is 19.4. The molecule has 7 heteroatoms. The SMILES string of the molecule is COC(=O)c1ccc(C(F)(F)F)cc1-c1ccc(C=O)o1. The summed E-state index contributed by atoms with van der Waals surface area (Å²) >= 11 is 0. The van der Waals surface area contributed by atoms with E-state index >= 15 is 0 Å². The quantitative estimate of drug-likeness (QED) is 0.642. The summed E-state index contributed by atoms with van der Waals surface area (Å²) < 4.78 is 47.9. The molecule has 0 fully saturated rings. The second-order valence-electron chi connectivity index (χ2n) is 4.07. The fourth-order valence-electron chi connectivity index (χ4n) is 1.77. The summed E-state index contributed by atoms with van der Waals surface area (Å²) in [6, 6.07) is 5.17. The van der Waals surface area contributed by atoms with Gasteiger partial charge in [-0.2, -0.15) is 13.2 Å². The van der Waals surface area contributed by atoms with E-state index in [1.807, 2.05) is 0 Å². The number of hydrogen-bond acceptors (Lipinski definition) is 4. The zero-order chi connectivity index (χ0) is 15.6. The molecule has 4 nitrogen and oxygen atoms in total. The molecule has 0 atom stereocenters. The molecule has 0 bridgehead atoms. The van der Waals surface area contributed by atoms with Gasteiger partial charge in [0.25, 0.3) is 0 Å². The number of benzene rings is 1. The first-order chi connectivity index (χ1) is 9.86. The Labute approximate surface area is 117 Å². The third kappa shape index (κ3) is 2.96. The van der Waals surface area contributed by atoms with Crippen LogP contribution in [-0.4, -0.2) is 19.4 Å². The molecule has 2 rings (SSSR count). The maximum absolute atomic E-state index is 12.8. The van der Waals surface area contributed by atoms with Crippen LogP contribution in [0.1, 0.15) is 26.5 Å². The summed E-state index contributed by atoms with van der Waals surface area (Å²) in [6.07, 6.45) is -4.15. The third-order valence-electron chi connectivity index (χ3n) is 2.76. The lowest BCUT2D eigenvalue weighted by molar-refractivity contribution is -0.137. The molecule has 0 radical (unpaired) electrons. The molecule has 2 aromatic rings. The summed E-state index contributed by atoms with van der Waals surface area (Å²) in [6.45, 7) is 0. The fraction of sp³-hybridized carbons (Fsp3) is 0.143. The number of methoxy groups -OCH3 is 1. The normalized spacial score (nSPS) is 11.2. The molecule has 0 N–H and O–H groups in total. The Morgan fingerprint density at radius 1 is 1.24 bits per heavy atom. The lowest BCUT2D eigenvalue weighted by Crippen LogP contribution is -2.08. The molecule has 0 saturated heterocycles. The van der Waals surface area contributed by atoms with Gasteiger partial charge in [0.1, 0.15) is 5.76 Å². The van der Waals surface area contributed by atoms with Gasteiger partial charge in [-0.3, -0.25) is 4.79 Å². The second-order valence-corrected chi connectivity index (χ2v) is 4.07. The lowest BCUT2D eigenvalue weighted by atomic mass is 10.0. The molecule has 0 aliphatic heterocycles. The van der Waals surface area contributed by atoms with Crippen molar-refractivity contribution in [1.29, 1.82) is 0 Å². The summed E-state index contributed by atoms with van der Waals surface area (Å²) in [7, 11) is 1.11.